The van der Waals surface area contributed by atoms with Crippen LogP contribution in [0.2, 0.25) is 0 Å². The van der Waals surface area contributed by atoms with Crippen molar-refractivity contribution in [1.82, 2.24) is 14.8 Å². The van der Waals surface area contributed by atoms with Crippen LogP contribution in [-0.4, -0.2) is 14.8 Å². The second-order valence-electron chi connectivity index (χ2n) is 3.27. The van der Waals surface area contributed by atoms with Gasteiger partial charge >= 0.3 is 0 Å². The third-order valence-electron chi connectivity index (χ3n) is 2.12. The summed E-state index contributed by atoms with van der Waals surface area (Å²) >= 11 is 1.45. The lowest BCUT2D eigenvalue weighted by Crippen LogP contribution is -1.93. The molecule has 0 saturated heterocycles. The first-order valence-corrected chi connectivity index (χ1v) is 5.56. The zero-order chi connectivity index (χ0) is 11.5. The predicted octanol–water partition coefficient (Wildman–Crippen LogP) is 2.15. The molecule has 2 aromatic rings. The molecule has 0 spiro atoms. The van der Waals surface area contributed by atoms with Crippen molar-refractivity contribution in [1.29, 1.82) is 5.26 Å². The number of hydrogen-bond donors (Lipinski definition) is 0. The molecule has 0 aliphatic rings. The molecule has 2 rings (SSSR count). The van der Waals surface area contributed by atoms with Crippen LogP contribution in [-0.2, 0) is 7.05 Å². The highest BCUT2D eigenvalue weighted by atomic mass is 32.2. The Morgan fingerprint density at radius 3 is 2.88 bits per heavy atom. The van der Waals surface area contributed by atoms with Crippen molar-refractivity contribution in [3.8, 4) is 6.07 Å². The molecule has 0 aromatic carbocycles. The van der Waals surface area contributed by atoms with E-state index in [-0.39, 0.29) is 0 Å². The summed E-state index contributed by atoms with van der Waals surface area (Å²) in [6.07, 6.45) is 1.73. The average Bonchev–Trinajstić information content (AvgIpc) is 2.55. The molecule has 80 valence electrons. The van der Waals surface area contributed by atoms with Gasteiger partial charge < -0.3 is 0 Å². The van der Waals surface area contributed by atoms with Crippen molar-refractivity contribution < 1.29 is 0 Å². The molecule has 0 radical (unpaired) electrons. The van der Waals surface area contributed by atoms with E-state index >= 15 is 0 Å². The molecule has 2 aromatic heterocycles. The van der Waals surface area contributed by atoms with Gasteiger partial charge in [-0.3, -0.25) is 4.68 Å². The highest BCUT2D eigenvalue weighted by molar-refractivity contribution is 7.99. The Labute approximate surface area is 97.9 Å². The number of hydrogen-bond acceptors (Lipinski definition) is 4. The fraction of sp³-hybridized carbons (Fsp3) is 0.182. The molecule has 0 bridgehead atoms. The molecule has 0 N–H and O–H groups in total. The van der Waals surface area contributed by atoms with E-state index in [2.05, 4.69) is 16.2 Å². The number of nitrogens with zero attached hydrogens (tertiary/aromatic N) is 4. The third kappa shape index (κ3) is 1.92. The SMILES string of the molecule is Cc1nn(C)c(Sc2ccccn2)c1C#N. The van der Waals surface area contributed by atoms with E-state index < -0.39 is 0 Å². The summed E-state index contributed by atoms with van der Waals surface area (Å²) in [5.41, 5.74) is 1.38. The molecule has 16 heavy (non-hydrogen) atoms. The molecule has 0 aliphatic heterocycles. The van der Waals surface area contributed by atoms with E-state index in [1.165, 1.54) is 11.8 Å². The normalized spacial score (nSPS) is 10.1. The Balaban J connectivity index is 2.39. The summed E-state index contributed by atoms with van der Waals surface area (Å²) in [5, 5.41) is 15.0. The largest absolute Gasteiger partial charge is 0.260 e. The van der Waals surface area contributed by atoms with Gasteiger partial charge in [0.15, 0.2) is 0 Å². The molecular formula is C11H10N4S. The summed E-state index contributed by atoms with van der Waals surface area (Å²) < 4.78 is 1.72. The zero-order valence-electron chi connectivity index (χ0n) is 9.01. The summed E-state index contributed by atoms with van der Waals surface area (Å²) in [6.45, 7) is 1.83. The van der Waals surface area contributed by atoms with Gasteiger partial charge in [-0.15, -0.1) is 0 Å². The predicted molar refractivity (Wildman–Crippen MR) is 61.0 cm³/mol. The molecule has 5 heteroatoms. The van der Waals surface area contributed by atoms with Crippen molar-refractivity contribution in [3.63, 3.8) is 0 Å². The second kappa shape index (κ2) is 4.37. The molecule has 2 heterocycles. The lowest BCUT2D eigenvalue weighted by Gasteiger charge is -2.00. The van der Waals surface area contributed by atoms with E-state index in [1.807, 2.05) is 32.2 Å². The molecule has 0 atom stereocenters. The van der Waals surface area contributed by atoms with Crippen LogP contribution in [0.1, 0.15) is 11.3 Å². The molecule has 0 amide bonds. The van der Waals surface area contributed by atoms with Gasteiger partial charge in [0.05, 0.1) is 5.69 Å². The Hall–Kier alpha value is -1.80. The van der Waals surface area contributed by atoms with Crippen molar-refractivity contribution in [3.05, 3.63) is 35.7 Å². The maximum Gasteiger partial charge on any atom is 0.118 e. The van der Waals surface area contributed by atoms with E-state index in [0.29, 0.717) is 5.56 Å². The molecular weight excluding hydrogens is 220 g/mol. The minimum Gasteiger partial charge on any atom is -0.260 e. The van der Waals surface area contributed by atoms with E-state index in [1.54, 1.807) is 10.9 Å². The summed E-state index contributed by atoms with van der Waals surface area (Å²) in [5.74, 6) is 0. The van der Waals surface area contributed by atoms with Crippen LogP contribution in [0.25, 0.3) is 0 Å². The number of rotatable bonds is 2. The van der Waals surface area contributed by atoms with Gasteiger partial charge in [-0.1, -0.05) is 6.07 Å². The highest BCUT2D eigenvalue weighted by Crippen LogP contribution is 2.29. The van der Waals surface area contributed by atoms with E-state index in [0.717, 1.165) is 15.7 Å². The second-order valence-corrected chi connectivity index (χ2v) is 4.28. The summed E-state index contributed by atoms with van der Waals surface area (Å²) in [7, 11) is 1.83. The van der Waals surface area contributed by atoms with Crippen LogP contribution in [0, 0.1) is 18.3 Å². The first-order chi connectivity index (χ1) is 7.72. The number of nitriles is 1. The van der Waals surface area contributed by atoms with E-state index in [9.17, 15) is 0 Å². The van der Waals surface area contributed by atoms with Crippen molar-refractivity contribution >= 4 is 11.8 Å². The van der Waals surface area contributed by atoms with Gasteiger partial charge in [-0.05, 0) is 30.8 Å². The monoisotopic (exact) mass is 230 g/mol. The van der Waals surface area contributed by atoms with Crippen LogP contribution < -0.4 is 0 Å². The molecule has 4 nitrogen and oxygen atoms in total. The highest BCUT2D eigenvalue weighted by Gasteiger charge is 2.14. The number of aryl methyl sites for hydroxylation is 2. The van der Waals surface area contributed by atoms with Crippen molar-refractivity contribution in [2.75, 3.05) is 0 Å². The third-order valence-corrected chi connectivity index (χ3v) is 3.23. The maximum absolute atomic E-state index is 9.05. The lowest BCUT2D eigenvalue weighted by molar-refractivity contribution is 0.691. The van der Waals surface area contributed by atoms with Gasteiger partial charge in [-0.25, -0.2) is 4.98 Å². The number of pyridine rings is 1. The van der Waals surface area contributed by atoms with Crippen LogP contribution >= 0.6 is 11.8 Å². The Kier molecular flexibility index (Phi) is 2.93. The van der Waals surface area contributed by atoms with Crippen molar-refractivity contribution in [2.24, 2.45) is 7.05 Å². The van der Waals surface area contributed by atoms with Crippen LogP contribution in [0.3, 0.4) is 0 Å². The summed E-state index contributed by atoms with van der Waals surface area (Å²) in [4.78, 5) is 4.21. The minimum absolute atomic E-state index is 0.623. The Morgan fingerprint density at radius 2 is 2.25 bits per heavy atom. The molecule has 0 saturated carbocycles. The first kappa shape index (κ1) is 10.7. The zero-order valence-corrected chi connectivity index (χ0v) is 9.82. The first-order valence-electron chi connectivity index (χ1n) is 4.75. The standard InChI is InChI=1S/C11H10N4S/c1-8-9(7-12)11(15(2)14-8)16-10-5-3-4-6-13-10/h3-6H,1-2H3. The molecule has 0 fully saturated rings. The van der Waals surface area contributed by atoms with Gasteiger partial charge in [0.25, 0.3) is 0 Å². The fourth-order valence-electron chi connectivity index (χ4n) is 1.39. The van der Waals surface area contributed by atoms with Gasteiger partial charge in [0, 0.05) is 13.2 Å². The minimum atomic E-state index is 0.623. The van der Waals surface area contributed by atoms with Gasteiger partial charge in [0.1, 0.15) is 21.7 Å². The smallest absolute Gasteiger partial charge is 0.118 e. The average molecular weight is 230 g/mol. The quantitative estimate of drug-likeness (QED) is 0.793. The Morgan fingerprint density at radius 1 is 1.44 bits per heavy atom. The van der Waals surface area contributed by atoms with Gasteiger partial charge in [-0.2, -0.15) is 10.4 Å². The summed E-state index contributed by atoms with van der Waals surface area (Å²) in [6, 6.07) is 7.87. The molecule has 0 unspecified atom stereocenters. The number of aromatic nitrogens is 3. The van der Waals surface area contributed by atoms with Crippen LogP contribution in [0.15, 0.2) is 34.4 Å². The van der Waals surface area contributed by atoms with Crippen LogP contribution in [0.5, 0.6) is 0 Å². The maximum atomic E-state index is 9.05. The lowest BCUT2D eigenvalue weighted by atomic mass is 10.3. The molecule has 0 aliphatic carbocycles. The Bertz CT molecular complexity index is 539. The van der Waals surface area contributed by atoms with E-state index in [4.69, 9.17) is 5.26 Å². The fourth-order valence-corrected chi connectivity index (χ4v) is 2.32. The topological polar surface area (TPSA) is 54.5 Å². The van der Waals surface area contributed by atoms with Crippen molar-refractivity contribution in [2.45, 2.75) is 17.0 Å². The van der Waals surface area contributed by atoms with Crippen LogP contribution in [0.4, 0.5) is 0 Å². The van der Waals surface area contributed by atoms with Gasteiger partial charge in [0.2, 0.25) is 0 Å².